The van der Waals surface area contributed by atoms with E-state index in [1.165, 1.54) is 61.2 Å². The molecule has 0 atom stereocenters. The number of benzene rings is 8. The van der Waals surface area contributed by atoms with Gasteiger partial charge in [0.05, 0.1) is 10.8 Å². The standard InChI is InChI=1S/C50H32O/c1-3-16-34(17-4-1)49(35-18-5-2-6-19-35)44-28-13-14-29-46(44)51-47-32-33(30-31-45(47)49)36-23-15-24-40-39-22-9-12-27-43(39)50(48(36)40)41-25-10-7-20-37(41)38-21-8-11-26-42(38)50/h1-32H. The first kappa shape index (κ1) is 28.4. The Morgan fingerprint density at radius 2 is 0.745 bits per heavy atom. The Kier molecular flexibility index (Phi) is 5.86. The molecule has 8 aromatic rings. The van der Waals surface area contributed by atoms with Crippen LogP contribution in [-0.2, 0) is 10.8 Å². The quantitative estimate of drug-likeness (QED) is 0.185. The molecule has 0 radical (unpaired) electrons. The van der Waals surface area contributed by atoms with Crippen molar-refractivity contribution in [2.45, 2.75) is 10.8 Å². The molecule has 1 heteroatoms. The number of ether oxygens (including phenoxy) is 1. The fraction of sp³-hybridized carbons (Fsp3) is 0.0400. The molecule has 1 spiro atoms. The molecule has 0 N–H and O–H groups in total. The first-order valence-electron chi connectivity index (χ1n) is 17.8. The molecular weight excluding hydrogens is 617 g/mol. The van der Waals surface area contributed by atoms with Gasteiger partial charge >= 0.3 is 0 Å². The molecule has 0 fully saturated rings. The number of fused-ring (bicyclic) bond motifs is 12. The largest absolute Gasteiger partial charge is 0.457 e. The molecule has 0 saturated heterocycles. The van der Waals surface area contributed by atoms with E-state index >= 15 is 0 Å². The van der Waals surface area contributed by atoms with Crippen LogP contribution in [0.4, 0.5) is 0 Å². The van der Waals surface area contributed by atoms with Crippen LogP contribution in [0.15, 0.2) is 194 Å². The second-order valence-electron chi connectivity index (χ2n) is 13.9. The molecule has 0 aromatic heterocycles. The van der Waals surface area contributed by atoms with Crippen molar-refractivity contribution < 1.29 is 4.74 Å². The Balaban J connectivity index is 1.21. The van der Waals surface area contributed by atoms with E-state index in [2.05, 4.69) is 194 Å². The molecule has 0 saturated carbocycles. The Morgan fingerprint density at radius 3 is 1.35 bits per heavy atom. The zero-order valence-corrected chi connectivity index (χ0v) is 27.9. The molecule has 1 aliphatic heterocycles. The molecule has 11 rings (SSSR count). The Bertz CT molecular complexity index is 2570. The lowest BCUT2D eigenvalue weighted by Crippen LogP contribution is -2.34. The van der Waals surface area contributed by atoms with E-state index in [0.717, 1.165) is 28.2 Å². The third-order valence-electron chi connectivity index (χ3n) is 11.6. The van der Waals surface area contributed by atoms with Crippen LogP contribution in [0.1, 0.15) is 44.5 Å². The molecule has 238 valence electrons. The Labute approximate surface area is 298 Å². The van der Waals surface area contributed by atoms with Crippen LogP contribution in [0.5, 0.6) is 11.5 Å². The van der Waals surface area contributed by atoms with Crippen LogP contribution in [-0.4, -0.2) is 0 Å². The van der Waals surface area contributed by atoms with Gasteiger partial charge in [0.25, 0.3) is 0 Å². The number of hydrogen-bond donors (Lipinski definition) is 0. The second kappa shape index (κ2) is 10.5. The second-order valence-corrected chi connectivity index (χ2v) is 13.9. The normalized spacial score (nSPS) is 14.7. The van der Waals surface area contributed by atoms with E-state index in [-0.39, 0.29) is 0 Å². The van der Waals surface area contributed by atoms with Crippen molar-refractivity contribution in [3.8, 4) is 44.9 Å². The lowest BCUT2D eigenvalue weighted by molar-refractivity contribution is 0.434. The minimum Gasteiger partial charge on any atom is -0.457 e. The van der Waals surface area contributed by atoms with Crippen LogP contribution < -0.4 is 4.74 Å². The van der Waals surface area contributed by atoms with Crippen molar-refractivity contribution >= 4 is 0 Å². The SMILES string of the molecule is c1ccc(C2(c3ccccc3)c3ccccc3Oc3cc(-c4cccc5c4C4(c6ccccc6-c6ccccc64)c4ccccc4-5)ccc32)cc1. The maximum Gasteiger partial charge on any atom is 0.132 e. The summed E-state index contributed by atoms with van der Waals surface area (Å²) in [4.78, 5) is 0. The van der Waals surface area contributed by atoms with Crippen LogP contribution in [0.3, 0.4) is 0 Å². The van der Waals surface area contributed by atoms with E-state index in [4.69, 9.17) is 4.74 Å². The zero-order valence-electron chi connectivity index (χ0n) is 27.9. The maximum atomic E-state index is 6.95. The molecule has 51 heavy (non-hydrogen) atoms. The molecule has 0 unspecified atom stereocenters. The van der Waals surface area contributed by atoms with Gasteiger partial charge in [0.2, 0.25) is 0 Å². The third-order valence-corrected chi connectivity index (χ3v) is 11.6. The molecule has 8 aromatic carbocycles. The Hall–Kier alpha value is -6.44. The lowest BCUT2D eigenvalue weighted by atomic mass is 9.63. The van der Waals surface area contributed by atoms with Gasteiger partial charge < -0.3 is 4.74 Å². The predicted octanol–water partition coefficient (Wildman–Crippen LogP) is 12.2. The van der Waals surface area contributed by atoms with Crippen molar-refractivity contribution in [1.82, 2.24) is 0 Å². The van der Waals surface area contributed by atoms with Gasteiger partial charge in [-0.15, -0.1) is 0 Å². The monoisotopic (exact) mass is 648 g/mol. The average Bonchev–Trinajstić information content (AvgIpc) is 3.68. The summed E-state index contributed by atoms with van der Waals surface area (Å²) in [5, 5.41) is 0. The molecule has 1 heterocycles. The maximum absolute atomic E-state index is 6.95. The smallest absolute Gasteiger partial charge is 0.132 e. The number of rotatable bonds is 3. The summed E-state index contributed by atoms with van der Waals surface area (Å²) in [6.07, 6.45) is 0. The fourth-order valence-corrected chi connectivity index (χ4v) is 9.77. The third kappa shape index (κ3) is 3.60. The van der Waals surface area contributed by atoms with Gasteiger partial charge in [-0.1, -0.05) is 182 Å². The van der Waals surface area contributed by atoms with E-state index in [1.807, 2.05) is 0 Å². The lowest BCUT2D eigenvalue weighted by Gasteiger charge is -2.41. The molecule has 2 aliphatic carbocycles. The summed E-state index contributed by atoms with van der Waals surface area (Å²) in [5.41, 5.74) is 16.7. The predicted molar refractivity (Wildman–Crippen MR) is 207 cm³/mol. The van der Waals surface area contributed by atoms with Crippen molar-refractivity contribution in [2.24, 2.45) is 0 Å². The highest BCUT2D eigenvalue weighted by Gasteiger charge is 2.53. The van der Waals surface area contributed by atoms with Gasteiger partial charge in [0, 0.05) is 11.1 Å². The van der Waals surface area contributed by atoms with Crippen LogP contribution >= 0.6 is 0 Å². The first-order chi connectivity index (χ1) is 25.3. The van der Waals surface area contributed by atoms with Gasteiger partial charge in [-0.05, 0) is 78.9 Å². The van der Waals surface area contributed by atoms with Crippen molar-refractivity contribution in [3.63, 3.8) is 0 Å². The molecule has 1 nitrogen and oxygen atoms in total. The summed E-state index contributed by atoms with van der Waals surface area (Å²) in [5.74, 6) is 1.77. The summed E-state index contributed by atoms with van der Waals surface area (Å²) in [6.45, 7) is 0. The van der Waals surface area contributed by atoms with Crippen LogP contribution in [0.25, 0.3) is 33.4 Å². The molecular formula is C50H32O. The van der Waals surface area contributed by atoms with Crippen molar-refractivity contribution in [1.29, 1.82) is 0 Å². The summed E-state index contributed by atoms with van der Waals surface area (Å²) in [6, 6.07) is 71.2. The fourth-order valence-electron chi connectivity index (χ4n) is 9.77. The summed E-state index contributed by atoms with van der Waals surface area (Å²) < 4.78 is 6.95. The first-order valence-corrected chi connectivity index (χ1v) is 17.8. The van der Waals surface area contributed by atoms with Crippen molar-refractivity contribution in [3.05, 3.63) is 239 Å². The number of para-hydroxylation sites is 1. The summed E-state index contributed by atoms with van der Waals surface area (Å²) >= 11 is 0. The Morgan fingerprint density at radius 1 is 0.294 bits per heavy atom. The summed E-state index contributed by atoms with van der Waals surface area (Å²) in [7, 11) is 0. The van der Waals surface area contributed by atoms with E-state index in [9.17, 15) is 0 Å². The van der Waals surface area contributed by atoms with Crippen LogP contribution in [0, 0.1) is 0 Å². The van der Waals surface area contributed by atoms with E-state index in [0.29, 0.717) is 0 Å². The number of hydrogen-bond acceptors (Lipinski definition) is 1. The van der Waals surface area contributed by atoms with Crippen LogP contribution in [0.2, 0.25) is 0 Å². The average molecular weight is 649 g/mol. The van der Waals surface area contributed by atoms with Gasteiger partial charge in [-0.25, -0.2) is 0 Å². The highest BCUT2D eigenvalue weighted by atomic mass is 16.5. The van der Waals surface area contributed by atoms with Gasteiger partial charge in [0.15, 0.2) is 0 Å². The minimum atomic E-state index is -0.551. The zero-order chi connectivity index (χ0) is 33.6. The highest BCUT2D eigenvalue weighted by Crippen LogP contribution is 2.65. The highest BCUT2D eigenvalue weighted by molar-refractivity contribution is 5.98. The van der Waals surface area contributed by atoms with Gasteiger partial charge in [-0.2, -0.15) is 0 Å². The molecule has 0 amide bonds. The topological polar surface area (TPSA) is 9.23 Å². The van der Waals surface area contributed by atoms with Gasteiger partial charge in [0.1, 0.15) is 11.5 Å². The van der Waals surface area contributed by atoms with Gasteiger partial charge in [-0.3, -0.25) is 0 Å². The van der Waals surface area contributed by atoms with E-state index in [1.54, 1.807) is 0 Å². The van der Waals surface area contributed by atoms with Crippen molar-refractivity contribution in [2.75, 3.05) is 0 Å². The molecule has 3 aliphatic rings. The van der Waals surface area contributed by atoms with E-state index < -0.39 is 10.8 Å². The molecule has 0 bridgehead atoms. The minimum absolute atomic E-state index is 0.434.